The average molecular weight is 426 g/mol. The molecule has 1 aromatic carbocycles. The molecule has 8 heteroatoms. The van der Waals surface area contributed by atoms with Gasteiger partial charge in [0.2, 0.25) is 5.91 Å². The molecule has 3 rings (SSSR count). The molecule has 0 unspecified atom stereocenters. The summed E-state index contributed by atoms with van der Waals surface area (Å²) in [5, 5.41) is 10.3. The van der Waals surface area contributed by atoms with Gasteiger partial charge in [-0.15, -0.1) is 0 Å². The van der Waals surface area contributed by atoms with E-state index in [4.69, 9.17) is 11.6 Å². The summed E-state index contributed by atoms with van der Waals surface area (Å²) in [6.07, 6.45) is 0.453. The topological polar surface area (TPSA) is 88.9 Å². The van der Waals surface area contributed by atoms with Gasteiger partial charge in [0, 0.05) is 23.5 Å². The molecule has 2 amide bonds. The molecule has 7 nitrogen and oxygen atoms in total. The van der Waals surface area contributed by atoms with Gasteiger partial charge < -0.3 is 10.6 Å². The lowest BCUT2D eigenvalue weighted by molar-refractivity contribution is -0.116. The van der Waals surface area contributed by atoms with E-state index in [1.165, 1.54) is 0 Å². The van der Waals surface area contributed by atoms with E-state index < -0.39 is 5.91 Å². The molecule has 0 saturated carbocycles. The lowest BCUT2D eigenvalue weighted by Gasteiger charge is -2.10. The maximum absolute atomic E-state index is 12.7. The van der Waals surface area contributed by atoms with Crippen molar-refractivity contribution < 1.29 is 9.59 Å². The Labute approximate surface area is 180 Å². The Morgan fingerprint density at radius 3 is 2.23 bits per heavy atom. The van der Waals surface area contributed by atoms with Crippen LogP contribution < -0.4 is 10.6 Å². The molecule has 0 radical (unpaired) electrons. The van der Waals surface area contributed by atoms with Crippen LogP contribution >= 0.6 is 11.6 Å². The normalized spacial score (nSPS) is 10.9. The van der Waals surface area contributed by atoms with Crippen LogP contribution in [0.5, 0.6) is 0 Å². The molecule has 156 valence electrons. The van der Waals surface area contributed by atoms with Crippen LogP contribution in [0.3, 0.4) is 0 Å². The monoisotopic (exact) mass is 425 g/mol. The Balaban J connectivity index is 1.73. The second-order valence-corrected chi connectivity index (χ2v) is 7.92. The maximum Gasteiger partial charge on any atom is 0.275 e. The van der Waals surface area contributed by atoms with E-state index in [-0.39, 0.29) is 22.5 Å². The Bertz CT molecular complexity index is 1070. The molecule has 0 bridgehead atoms. The zero-order valence-electron chi connectivity index (χ0n) is 17.4. The number of anilines is 2. The molecule has 0 fully saturated rings. The van der Waals surface area contributed by atoms with E-state index >= 15 is 0 Å². The predicted octanol–water partition coefficient (Wildman–Crippen LogP) is 4.77. The fourth-order valence-corrected chi connectivity index (χ4v) is 3.17. The Morgan fingerprint density at radius 1 is 1.03 bits per heavy atom. The molecule has 2 N–H and O–H groups in total. The third-order valence-corrected chi connectivity index (χ3v) is 4.60. The third kappa shape index (κ3) is 5.24. The number of benzene rings is 1. The maximum atomic E-state index is 12.7. The zero-order valence-corrected chi connectivity index (χ0v) is 18.1. The Kier molecular flexibility index (Phi) is 6.52. The van der Waals surface area contributed by atoms with Crippen LogP contribution in [0.4, 0.5) is 11.4 Å². The SMILES string of the molecule is Cc1cc(C)n(-c2ccc(Cl)c(C(=O)Nc3ccc(NC(=O)CC(C)C)cc3)n2)n1. The summed E-state index contributed by atoms with van der Waals surface area (Å²) in [4.78, 5) is 29.0. The van der Waals surface area contributed by atoms with E-state index in [9.17, 15) is 9.59 Å². The van der Waals surface area contributed by atoms with Crippen LogP contribution in [-0.4, -0.2) is 26.6 Å². The van der Waals surface area contributed by atoms with Gasteiger partial charge >= 0.3 is 0 Å². The molecular weight excluding hydrogens is 402 g/mol. The van der Waals surface area contributed by atoms with Gasteiger partial charge in [-0.05, 0) is 62.2 Å². The molecule has 0 aliphatic heterocycles. The van der Waals surface area contributed by atoms with Crippen molar-refractivity contribution >= 4 is 34.8 Å². The number of hydrogen-bond donors (Lipinski definition) is 2. The zero-order chi connectivity index (χ0) is 21.8. The quantitative estimate of drug-likeness (QED) is 0.595. The fraction of sp³-hybridized carbons (Fsp3) is 0.273. The minimum Gasteiger partial charge on any atom is -0.326 e. The number of aromatic nitrogens is 3. The number of halogens is 1. The summed E-state index contributed by atoms with van der Waals surface area (Å²) in [6, 6.07) is 12.2. The number of amides is 2. The molecule has 30 heavy (non-hydrogen) atoms. The summed E-state index contributed by atoms with van der Waals surface area (Å²) in [7, 11) is 0. The second-order valence-electron chi connectivity index (χ2n) is 7.52. The number of carbonyl (C=O) groups excluding carboxylic acids is 2. The number of nitrogens with zero attached hydrogens (tertiary/aromatic N) is 3. The lowest BCUT2D eigenvalue weighted by Crippen LogP contribution is -2.16. The number of carbonyl (C=O) groups is 2. The van der Waals surface area contributed by atoms with Crippen molar-refractivity contribution in [3.05, 3.63) is 64.6 Å². The largest absolute Gasteiger partial charge is 0.326 e. The highest BCUT2D eigenvalue weighted by molar-refractivity contribution is 6.34. The van der Waals surface area contributed by atoms with Crippen molar-refractivity contribution in [1.29, 1.82) is 0 Å². The Morgan fingerprint density at radius 2 is 1.67 bits per heavy atom. The first kappa shape index (κ1) is 21.5. The molecular formula is C22H24ClN5O2. The highest BCUT2D eigenvalue weighted by Gasteiger charge is 2.16. The van der Waals surface area contributed by atoms with Crippen molar-refractivity contribution in [2.24, 2.45) is 5.92 Å². The number of pyridine rings is 1. The summed E-state index contributed by atoms with van der Waals surface area (Å²) < 4.78 is 1.66. The van der Waals surface area contributed by atoms with E-state index in [0.717, 1.165) is 11.4 Å². The van der Waals surface area contributed by atoms with Gasteiger partial charge in [0.15, 0.2) is 5.82 Å². The number of aryl methyl sites for hydroxylation is 2. The summed E-state index contributed by atoms with van der Waals surface area (Å²) in [5.41, 5.74) is 3.10. The second kappa shape index (κ2) is 9.09. The lowest BCUT2D eigenvalue weighted by atomic mass is 10.1. The first-order chi connectivity index (χ1) is 14.2. The van der Waals surface area contributed by atoms with Crippen LogP contribution in [0.25, 0.3) is 5.82 Å². The molecule has 2 heterocycles. The molecule has 0 aliphatic carbocycles. The standard InChI is InChI=1S/C22H24ClN5O2/c1-13(2)11-20(29)24-16-5-7-17(8-6-16)25-22(30)21-18(23)9-10-19(26-21)28-15(4)12-14(3)27-28/h5-10,12-13H,11H2,1-4H3,(H,24,29)(H,25,30). The number of hydrogen-bond acceptors (Lipinski definition) is 4. The van der Waals surface area contributed by atoms with Gasteiger partial charge in [0.25, 0.3) is 5.91 Å². The fourth-order valence-electron chi connectivity index (χ4n) is 2.98. The van der Waals surface area contributed by atoms with Gasteiger partial charge in [-0.25, -0.2) is 9.67 Å². The first-order valence-electron chi connectivity index (χ1n) is 9.64. The third-order valence-electron chi connectivity index (χ3n) is 4.29. The van der Waals surface area contributed by atoms with Crippen LogP contribution in [0.2, 0.25) is 5.02 Å². The molecule has 0 saturated heterocycles. The number of nitrogens with one attached hydrogen (secondary N) is 2. The van der Waals surface area contributed by atoms with Gasteiger partial charge in [0.1, 0.15) is 5.69 Å². The van der Waals surface area contributed by atoms with Crippen LogP contribution in [0, 0.1) is 19.8 Å². The van der Waals surface area contributed by atoms with Crippen molar-refractivity contribution in [2.45, 2.75) is 34.1 Å². The van der Waals surface area contributed by atoms with Crippen molar-refractivity contribution in [3.8, 4) is 5.82 Å². The van der Waals surface area contributed by atoms with Crippen molar-refractivity contribution in [2.75, 3.05) is 10.6 Å². The summed E-state index contributed by atoms with van der Waals surface area (Å²) in [5.74, 6) is 0.322. The summed E-state index contributed by atoms with van der Waals surface area (Å²) in [6.45, 7) is 7.78. The highest BCUT2D eigenvalue weighted by Crippen LogP contribution is 2.20. The summed E-state index contributed by atoms with van der Waals surface area (Å²) >= 11 is 6.21. The molecule has 0 atom stereocenters. The smallest absolute Gasteiger partial charge is 0.275 e. The van der Waals surface area contributed by atoms with E-state index in [1.807, 2.05) is 33.8 Å². The molecule has 0 aliphatic rings. The van der Waals surface area contributed by atoms with Gasteiger partial charge in [0.05, 0.1) is 10.7 Å². The predicted molar refractivity (Wildman–Crippen MR) is 118 cm³/mol. The van der Waals surface area contributed by atoms with Gasteiger partial charge in [-0.2, -0.15) is 5.10 Å². The van der Waals surface area contributed by atoms with Gasteiger partial charge in [-0.1, -0.05) is 25.4 Å². The number of rotatable bonds is 6. The average Bonchev–Trinajstić information content (AvgIpc) is 3.01. The van der Waals surface area contributed by atoms with Crippen LogP contribution in [0.1, 0.15) is 42.1 Å². The van der Waals surface area contributed by atoms with E-state index in [0.29, 0.717) is 23.6 Å². The Hall–Kier alpha value is -3.19. The highest BCUT2D eigenvalue weighted by atomic mass is 35.5. The minimum atomic E-state index is -0.431. The van der Waals surface area contributed by atoms with Crippen LogP contribution in [-0.2, 0) is 4.79 Å². The van der Waals surface area contributed by atoms with Crippen molar-refractivity contribution in [3.63, 3.8) is 0 Å². The van der Waals surface area contributed by atoms with Crippen molar-refractivity contribution in [1.82, 2.24) is 14.8 Å². The van der Waals surface area contributed by atoms with Crippen LogP contribution in [0.15, 0.2) is 42.5 Å². The van der Waals surface area contributed by atoms with E-state index in [2.05, 4.69) is 20.7 Å². The molecule has 2 aromatic heterocycles. The molecule has 3 aromatic rings. The minimum absolute atomic E-state index is 0.0428. The first-order valence-corrected chi connectivity index (χ1v) is 10.0. The van der Waals surface area contributed by atoms with Gasteiger partial charge in [-0.3, -0.25) is 9.59 Å². The molecule has 0 spiro atoms. The van der Waals surface area contributed by atoms with E-state index in [1.54, 1.807) is 41.1 Å².